The number of para-hydroxylation sites is 1. The first-order chi connectivity index (χ1) is 7.88. The van der Waals surface area contributed by atoms with Crippen molar-refractivity contribution < 1.29 is 9.50 Å². The van der Waals surface area contributed by atoms with Gasteiger partial charge >= 0.3 is 5.69 Å². The average Bonchev–Trinajstić information content (AvgIpc) is 2.52. The Hall–Kier alpha value is -1.62. The summed E-state index contributed by atoms with van der Waals surface area (Å²) in [6.07, 6.45) is 0.427. The summed E-state index contributed by atoms with van der Waals surface area (Å²) in [4.78, 5) is 14.1. The maximum Gasteiger partial charge on any atom is 0.326 e. The summed E-state index contributed by atoms with van der Waals surface area (Å²) in [6.45, 7) is 3.70. The number of aryl methyl sites for hydroxylation is 1. The quantitative estimate of drug-likeness (QED) is 0.853. The summed E-state index contributed by atoms with van der Waals surface area (Å²) >= 11 is 0. The average molecular weight is 238 g/mol. The third kappa shape index (κ3) is 2.39. The minimum atomic E-state index is -0.851. The van der Waals surface area contributed by atoms with Crippen molar-refractivity contribution in [2.45, 2.75) is 32.4 Å². The molecule has 2 N–H and O–H groups in total. The van der Waals surface area contributed by atoms with E-state index >= 15 is 0 Å². The lowest BCUT2D eigenvalue weighted by Crippen LogP contribution is -2.25. The highest BCUT2D eigenvalue weighted by Gasteiger charge is 2.15. The number of aromatic nitrogens is 2. The Bertz CT molecular complexity index is 593. The molecule has 0 unspecified atom stereocenters. The van der Waals surface area contributed by atoms with Crippen LogP contribution in [0, 0.1) is 5.82 Å². The van der Waals surface area contributed by atoms with Crippen LogP contribution in [0.2, 0.25) is 0 Å². The van der Waals surface area contributed by atoms with Gasteiger partial charge in [-0.2, -0.15) is 0 Å². The van der Waals surface area contributed by atoms with Crippen LogP contribution in [0.5, 0.6) is 0 Å². The molecule has 1 aromatic carbocycles. The molecule has 0 bridgehead atoms. The van der Waals surface area contributed by atoms with Gasteiger partial charge in [0.1, 0.15) is 11.3 Å². The Morgan fingerprint density at radius 2 is 2.18 bits per heavy atom. The first kappa shape index (κ1) is 11.9. The van der Waals surface area contributed by atoms with Gasteiger partial charge < -0.3 is 10.1 Å². The number of hydrogen-bond donors (Lipinski definition) is 2. The van der Waals surface area contributed by atoms with Gasteiger partial charge in [-0.25, -0.2) is 9.18 Å². The van der Waals surface area contributed by atoms with E-state index in [0.717, 1.165) is 0 Å². The van der Waals surface area contributed by atoms with Gasteiger partial charge in [0.2, 0.25) is 0 Å². The largest absolute Gasteiger partial charge is 0.390 e. The fourth-order valence-electron chi connectivity index (χ4n) is 1.75. The zero-order chi connectivity index (χ0) is 12.6. The SMILES string of the molecule is CC(C)(O)CCn1c(=O)[nH]c2c(F)cccc21. The number of fused-ring (bicyclic) bond motifs is 1. The topological polar surface area (TPSA) is 58.0 Å². The van der Waals surface area contributed by atoms with Gasteiger partial charge in [-0.05, 0) is 32.4 Å². The van der Waals surface area contributed by atoms with E-state index < -0.39 is 11.4 Å². The molecule has 0 saturated carbocycles. The summed E-state index contributed by atoms with van der Waals surface area (Å²) in [6, 6.07) is 4.55. The second-order valence-electron chi connectivity index (χ2n) is 4.78. The van der Waals surface area contributed by atoms with Crippen molar-refractivity contribution in [2.24, 2.45) is 0 Å². The molecule has 0 atom stereocenters. The van der Waals surface area contributed by atoms with Gasteiger partial charge in [-0.15, -0.1) is 0 Å². The molecule has 0 aliphatic carbocycles. The van der Waals surface area contributed by atoms with Crippen LogP contribution in [0.25, 0.3) is 11.0 Å². The van der Waals surface area contributed by atoms with Crippen LogP contribution >= 0.6 is 0 Å². The number of nitrogens with one attached hydrogen (secondary N) is 1. The highest BCUT2D eigenvalue weighted by Crippen LogP contribution is 2.16. The molecule has 92 valence electrons. The van der Waals surface area contributed by atoms with Gasteiger partial charge in [-0.1, -0.05) is 6.07 Å². The molecule has 4 nitrogen and oxygen atoms in total. The normalized spacial score (nSPS) is 12.2. The number of imidazole rings is 1. The molecule has 0 spiro atoms. The molecule has 2 aromatic rings. The minimum Gasteiger partial charge on any atom is -0.390 e. The van der Waals surface area contributed by atoms with Crippen LogP contribution in [0.15, 0.2) is 23.0 Å². The minimum absolute atomic E-state index is 0.216. The Kier molecular flexibility index (Phi) is 2.79. The summed E-state index contributed by atoms with van der Waals surface area (Å²) in [5.74, 6) is -0.443. The fourth-order valence-corrected chi connectivity index (χ4v) is 1.75. The summed E-state index contributed by atoms with van der Waals surface area (Å²) < 4.78 is 14.9. The van der Waals surface area contributed by atoms with Gasteiger partial charge in [0.15, 0.2) is 0 Å². The Labute approximate surface area is 97.7 Å². The van der Waals surface area contributed by atoms with Crippen LogP contribution in [-0.2, 0) is 6.54 Å². The molecule has 0 saturated heterocycles. The van der Waals surface area contributed by atoms with E-state index in [2.05, 4.69) is 4.98 Å². The Morgan fingerprint density at radius 1 is 1.47 bits per heavy atom. The molecule has 1 aromatic heterocycles. The molecule has 0 amide bonds. The van der Waals surface area contributed by atoms with E-state index in [1.165, 1.54) is 10.6 Å². The molecule has 17 heavy (non-hydrogen) atoms. The van der Waals surface area contributed by atoms with Crippen LogP contribution in [0.1, 0.15) is 20.3 Å². The van der Waals surface area contributed by atoms with Crippen LogP contribution in [0.3, 0.4) is 0 Å². The van der Waals surface area contributed by atoms with Crippen LogP contribution in [0.4, 0.5) is 4.39 Å². The summed E-state index contributed by atoms with van der Waals surface area (Å²) in [7, 11) is 0. The van der Waals surface area contributed by atoms with Crippen molar-refractivity contribution in [3.05, 3.63) is 34.5 Å². The third-order valence-corrected chi connectivity index (χ3v) is 2.71. The number of benzene rings is 1. The molecule has 0 aliphatic heterocycles. The van der Waals surface area contributed by atoms with E-state index in [1.807, 2.05) is 0 Å². The predicted octanol–water partition coefficient (Wildman–Crippen LogP) is 1.63. The zero-order valence-electron chi connectivity index (χ0n) is 9.83. The van der Waals surface area contributed by atoms with Crippen LogP contribution < -0.4 is 5.69 Å². The van der Waals surface area contributed by atoms with E-state index in [4.69, 9.17) is 0 Å². The number of nitrogens with zero attached hydrogens (tertiary/aromatic N) is 1. The second kappa shape index (κ2) is 4.00. The van der Waals surface area contributed by atoms with Gasteiger partial charge in [0.05, 0.1) is 11.1 Å². The predicted molar refractivity (Wildman–Crippen MR) is 63.4 cm³/mol. The Balaban J connectivity index is 2.44. The first-order valence-electron chi connectivity index (χ1n) is 5.48. The van der Waals surface area contributed by atoms with E-state index in [0.29, 0.717) is 18.5 Å². The maximum atomic E-state index is 13.4. The number of hydrogen-bond acceptors (Lipinski definition) is 2. The molecule has 0 aliphatic rings. The van der Waals surface area contributed by atoms with E-state index in [-0.39, 0.29) is 11.2 Å². The first-order valence-corrected chi connectivity index (χ1v) is 5.48. The van der Waals surface area contributed by atoms with Gasteiger partial charge in [-0.3, -0.25) is 4.57 Å². The highest BCUT2D eigenvalue weighted by molar-refractivity contribution is 5.75. The fraction of sp³-hybridized carbons (Fsp3) is 0.417. The van der Waals surface area contributed by atoms with Crippen molar-refractivity contribution in [1.82, 2.24) is 9.55 Å². The van der Waals surface area contributed by atoms with Crippen molar-refractivity contribution in [2.75, 3.05) is 0 Å². The maximum absolute atomic E-state index is 13.4. The number of aliphatic hydroxyl groups is 1. The number of halogens is 1. The van der Waals surface area contributed by atoms with Crippen LogP contribution in [-0.4, -0.2) is 20.3 Å². The molecular formula is C12H15FN2O2. The van der Waals surface area contributed by atoms with Gasteiger partial charge in [0, 0.05) is 6.54 Å². The lowest BCUT2D eigenvalue weighted by molar-refractivity contribution is 0.0663. The smallest absolute Gasteiger partial charge is 0.326 e. The van der Waals surface area contributed by atoms with Crippen molar-refractivity contribution >= 4 is 11.0 Å². The van der Waals surface area contributed by atoms with Gasteiger partial charge in [0.25, 0.3) is 0 Å². The molecule has 5 heteroatoms. The zero-order valence-corrected chi connectivity index (χ0v) is 9.83. The van der Waals surface area contributed by atoms with Crippen molar-refractivity contribution in [3.63, 3.8) is 0 Å². The monoisotopic (exact) mass is 238 g/mol. The molecule has 1 heterocycles. The summed E-state index contributed by atoms with van der Waals surface area (Å²) in [5.41, 5.74) is -0.460. The van der Waals surface area contributed by atoms with Crippen molar-refractivity contribution in [1.29, 1.82) is 0 Å². The molecule has 0 radical (unpaired) electrons. The molecule has 2 rings (SSSR count). The third-order valence-electron chi connectivity index (χ3n) is 2.71. The highest BCUT2D eigenvalue weighted by atomic mass is 19.1. The Morgan fingerprint density at radius 3 is 2.82 bits per heavy atom. The number of aromatic amines is 1. The molecule has 0 fully saturated rings. The summed E-state index contributed by atoms with van der Waals surface area (Å²) in [5, 5.41) is 9.63. The standard InChI is InChI=1S/C12H15FN2O2/c1-12(2,17)6-7-15-9-5-3-4-8(13)10(9)14-11(15)16/h3-5,17H,6-7H2,1-2H3,(H,14,16). The lowest BCUT2D eigenvalue weighted by Gasteiger charge is -2.16. The number of H-pyrrole nitrogens is 1. The van der Waals surface area contributed by atoms with E-state index in [9.17, 15) is 14.3 Å². The molecular weight excluding hydrogens is 223 g/mol. The lowest BCUT2D eigenvalue weighted by atomic mass is 10.1. The van der Waals surface area contributed by atoms with E-state index in [1.54, 1.807) is 26.0 Å². The van der Waals surface area contributed by atoms with Crippen molar-refractivity contribution in [3.8, 4) is 0 Å². The number of rotatable bonds is 3. The second-order valence-corrected chi connectivity index (χ2v) is 4.78.